The first-order chi connectivity index (χ1) is 12.7. The minimum absolute atomic E-state index is 0.0396. The molecule has 156 valence electrons. The number of hydrogen-bond donors (Lipinski definition) is 8. The lowest BCUT2D eigenvalue weighted by molar-refractivity contribution is -0.143. The van der Waals surface area contributed by atoms with Crippen molar-refractivity contribution in [2.75, 3.05) is 30.1 Å². The smallest absolute Gasteiger partial charge is 0.328 e. The molecule has 0 aromatic rings. The number of thioether (sulfide) groups is 1. The molecule has 0 aliphatic rings. The molecule has 0 spiro atoms. The molecule has 4 unspecified atom stereocenters. The second-order valence-corrected chi connectivity index (χ2v) is 7.17. The second kappa shape index (κ2) is 13.9. The molecule has 0 heterocycles. The minimum Gasteiger partial charge on any atom is -0.480 e. The van der Waals surface area contributed by atoms with Gasteiger partial charge in [0.25, 0.3) is 0 Å². The van der Waals surface area contributed by atoms with Crippen LogP contribution in [0.3, 0.4) is 0 Å². The normalized spacial score (nSPS) is 15.1. The van der Waals surface area contributed by atoms with E-state index in [-0.39, 0.29) is 17.9 Å². The van der Waals surface area contributed by atoms with E-state index in [1.54, 1.807) is 6.26 Å². The Kier molecular flexibility index (Phi) is 13.3. The van der Waals surface area contributed by atoms with E-state index in [9.17, 15) is 19.2 Å². The van der Waals surface area contributed by atoms with Crippen molar-refractivity contribution in [1.29, 1.82) is 0 Å². The van der Waals surface area contributed by atoms with Crippen molar-refractivity contribution < 1.29 is 29.4 Å². The maximum absolute atomic E-state index is 12.4. The molecule has 0 aromatic heterocycles. The number of aliphatic hydroxyl groups excluding tert-OH is 1. The third-order valence-corrected chi connectivity index (χ3v) is 4.79. The van der Waals surface area contributed by atoms with Crippen molar-refractivity contribution >= 4 is 60.7 Å². The molecule has 4 atom stereocenters. The van der Waals surface area contributed by atoms with Crippen molar-refractivity contribution in [3.8, 4) is 0 Å². The van der Waals surface area contributed by atoms with Gasteiger partial charge >= 0.3 is 5.97 Å². The molecule has 0 radical (unpaired) electrons. The van der Waals surface area contributed by atoms with E-state index < -0.39 is 54.5 Å². The van der Waals surface area contributed by atoms with Gasteiger partial charge in [-0.2, -0.15) is 37.0 Å². The zero-order valence-electron chi connectivity index (χ0n) is 14.8. The summed E-state index contributed by atoms with van der Waals surface area (Å²) in [7, 11) is 0. The molecular formula is C14H26N4O6S3. The lowest BCUT2D eigenvalue weighted by Crippen LogP contribution is -2.58. The number of rotatable bonds is 13. The highest BCUT2D eigenvalue weighted by atomic mass is 32.2. The van der Waals surface area contributed by atoms with Crippen molar-refractivity contribution in [3.05, 3.63) is 0 Å². The Morgan fingerprint density at radius 2 is 1.48 bits per heavy atom. The monoisotopic (exact) mass is 442 g/mol. The van der Waals surface area contributed by atoms with Gasteiger partial charge in [0, 0.05) is 11.5 Å². The minimum atomic E-state index is -1.49. The molecule has 0 rings (SSSR count). The average molecular weight is 443 g/mol. The second-order valence-electron chi connectivity index (χ2n) is 5.46. The van der Waals surface area contributed by atoms with E-state index in [0.717, 1.165) is 0 Å². The molecule has 0 fully saturated rings. The number of amides is 3. The Labute approximate surface area is 172 Å². The topological polar surface area (TPSA) is 171 Å². The molecule has 0 bridgehead atoms. The van der Waals surface area contributed by atoms with Gasteiger partial charge < -0.3 is 31.9 Å². The van der Waals surface area contributed by atoms with Gasteiger partial charge in [0.1, 0.15) is 18.1 Å². The lowest BCUT2D eigenvalue weighted by Gasteiger charge is -2.24. The first-order valence-corrected chi connectivity index (χ1v) is 10.6. The number of carbonyl (C=O) groups excluding carboxylic acids is 3. The summed E-state index contributed by atoms with van der Waals surface area (Å²) in [5, 5.41) is 25.0. The van der Waals surface area contributed by atoms with Gasteiger partial charge in [0.15, 0.2) is 0 Å². The predicted octanol–water partition coefficient (Wildman–Crippen LogP) is -2.54. The van der Waals surface area contributed by atoms with Gasteiger partial charge in [-0.3, -0.25) is 14.4 Å². The van der Waals surface area contributed by atoms with E-state index in [4.69, 9.17) is 15.9 Å². The zero-order chi connectivity index (χ0) is 21.0. The van der Waals surface area contributed by atoms with E-state index in [0.29, 0.717) is 5.75 Å². The Hall–Kier alpha value is -1.15. The number of aliphatic hydroxyl groups is 1. The van der Waals surface area contributed by atoms with E-state index in [1.165, 1.54) is 11.8 Å². The van der Waals surface area contributed by atoms with Gasteiger partial charge in [-0.15, -0.1) is 0 Å². The van der Waals surface area contributed by atoms with Gasteiger partial charge in [-0.25, -0.2) is 4.79 Å². The number of carbonyl (C=O) groups is 4. The summed E-state index contributed by atoms with van der Waals surface area (Å²) in [4.78, 5) is 47.5. The van der Waals surface area contributed by atoms with Crippen LogP contribution >= 0.6 is 37.0 Å². The van der Waals surface area contributed by atoms with Crippen LogP contribution in [0.2, 0.25) is 0 Å². The molecule has 0 saturated carbocycles. The number of carboxylic acids is 1. The lowest BCUT2D eigenvalue weighted by atomic mass is 10.1. The summed E-state index contributed by atoms with van der Waals surface area (Å²) in [6, 6.07) is -4.47. The van der Waals surface area contributed by atoms with Crippen LogP contribution in [0.1, 0.15) is 6.42 Å². The quantitative estimate of drug-likeness (QED) is 0.144. The van der Waals surface area contributed by atoms with Gasteiger partial charge in [-0.1, -0.05) is 0 Å². The Bertz CT molecular complexity index is 525. The van der Waals surface area contributed by atoms with Crippen LogP contribution < -0.4 is 21.7 Å². The van der Waals surface area contributed by atoms with E-state index in [2.05, 4.69) is 41.2 Å². The number of aliphatic carboxylic acids is 1. The van der Waals surface area contributed by atoms with E-state index in [1.807, 2.05) is 0 Å². The van der Waals surface area contributed by atoms with Crippen LogP contribution in [0.5, 0.6) is 0 Å². The zero-order valence-corrected chi connectivity index (χ0v) is 17.4. The number of hydrogen-bond acceptors (Lipinski definition) is 9. The molecule has 0 aliphatic carbocycles. The maximum atomic E-state index is 12.4. The van der Waals surface area contributed by atoms with Crippen molar-refractivity contribution in [3.63, 3.8) is 0 Å². The molecule has 0 aliphatic heterocycles. The third kappa shape index (κ3) is 9.55. The van der Waals surface area contributed by atoms with Crippen LogP contribution in [0.15, 0.2) is 0 Å². The summed E-state index contributed by atoms with van der Waals surface area (Å²) < 4.78 is 0. The fourth-order valence-corrected chi connectivity index (χ4v) is 2.68. The summed E-state index contributed by atoms with van der Waals surface area (Å²) in [5.74, 6) is -2.85. The van der Waals surface area contributed by atoms with Crippen LogP contribution in [0.25, 0.3) is 0 Å². The first-order valence-electron chi connectivity index (χ1n) is 7.92. The van der Waals surface area contributed by atoms with Gasteiger partial charge in [-0.05, 0) is 18.4 Å². The van der Waals surface area contributed by atoms with Gasteiger partial charge in [0.2, 0.25) is 17.7 Å². The maximum Gasteiger partial charge on any atom is 0.328 e. The number of nitrogens with one attached hydrogen (secondary N) is 3. The third-order valence-electron chi connectivity index (χ3n) is 3.39. The number of thiol groups is 2. The number of nitrogens with two attached hydrogens (primary N) is 1. The molecule has 13 heteroatoms. The van der Waals surface area contributed by atoms with Crippen LogP contribution in [0, 0.1) is 0 Å². The highest BCUT2D eigenvalue weighted by Gasteiger charge is 2.29. The summed E-state index contributed by atoms with van der Waals surface area (Å²) in [5.41, 5.74) is 5.54. The molecule has 3 amide bonds. The number of carboxylic acid groups (broad SMARTS) is 1. The fraction of sp³-hybridized carbons (Fsp3) is 0.714. The summed E-state index contributed by atoms with van der Waals surface area (Å²) in [6.45, 7) is -0.790. The van der Waals surface area contributed by atoms with Crippen LogP contribution in [-0.4, -0.2) is 88.2 Å². The van der Waals surface area contributed by atoms with E-state index >= 15 is 0 Å². The van der Waals surface area contributed by atoms with Crippen LogP contribution in [-0.2, 0) is 19.2 Å². The molecule has 10 nitrogen and oxygen atoms in total. The highest BCUT2D eigenvalue weighted by Crippen LogP contribution is 2.03. The summed E-state index contributed by atoms with van der Waals surface area (Å²) in [6.07, 6.45) is 2.03. The fourth-order valence-electron chi connectivity index (χ4n) is 1.79. The molecule has 7 N–H and O–H groups in total. The highest BCUT2D eigenvalue weighted by molar-refractivity contribution is 7.98. The standard InChI is InChI=1S/C14H26N4O6S3/c1-27-3-2-8(12(21)17-9(4-19)14(23)24)16-13(22)10(6-26)18-11(20)7(15)5-25/h7-10,19,25-26H,2-6,15H2,1H3,(H,16,22)(H,17,21)(H,18,20)(H,23,24). The average Bonchev–Trinajstić information content (AvgIpc) is 2.65. The molecule has 0 saturated heterocycles. The SMILES string of the molecule is CSCCC(NC(=O)C(CS)NC(=O)C(N)CS)C(=O)NC(CO)C(=O)O. The molecule has 27 heavy (non-hydrogen) atoms. The largest absolute Gasteiger partial charge is 0.480 e. The van der Waals surface area contributed by atoms with Crippen molar-refractivity contribution in [2.24, 2.45) is 5.73 Å². The first kappa shape index (κ1) is 25.9. The van der Waals surface area contributed by atoms with Gasteiger partial charge in [0.05, 0.1) is 12.6 Å². The predicted molar refractivity (Wildman–Crippen MR) is 109 cm³/mol. The Balaban J connectivity index is 5.07. The molecule has 0 aromatic carbocycles. The Morgan fingerprint density at radius 3 is 1.93 bits per heavy atom. The summed E-state index contributed by atoms with van der Waals surface area (Å²) >= 11 is 9.36. The Morgan fingerprint density at radius 1 is 0.963 bits per heavy atom. The van der Waals surface area contributed by atoms with Crippen LogP contribution in [0.4, 0.5) is 0 Å². The molecular weight excluding hydrogens is 416 g/mol. The van der Waals surface area contributed by atoms with Crippen molar-refractivity contribution in [1.82, 2.24) is 16.0 Å². The van der Waals surface area contributed by atoms with Crippen molar-refractivity contribution in [2.45, 2.75) is 30.6 Å².